The number of rotatable bonds is 4. The summed E-state index contributed by atoms with van der Waals surface area (Å²) < 4.78 is 12.5. The summed E-state index contributed by atoms with van der Waals surface area (Å²) in [6.07, 6.45) is 0. The molecule has 4 heterocycles. The van der Waals surface area contributed by atoms with Crippen molar-refractivity contribution in [2.24, 2.45) is 0 Å². The Labute approximate surface area is 231 Å². The first kappa shape index (κ1) is 23.9. The number of benzene rings is 3. The van der Waals surface area contributed by atoms with Gasteiger partial charge in [-0.25, -0.2) is 4.98 Å². The van der Waals surface area contributed by atoms with Crippen molar-refractivity contribution in [2.45, 2.75) is 19.4 Å². The minimum atomic E-state index is -1.78. The molecular weight excluding hydrogens is 538 g/mol. The highest BCUT2D eigenvalue weighted by molar-refractivity contribution is 7.22. The molecule has 0 fully saturated rings. The predicted octanol–water partition coefficient (Wildman–Crippen LogP) is 5.73. The molecule has 194 valence electrons. The normalized spacial score (nSPS) is 18.0. The first-order valence-electron chi connectivity index (χ1n) is 12.5. The number of aromatic nitrogens is 1. The van der Waals surface area contributed by atoms with E-state index in [1.54, 1.807) is 29.2 Å². The average Bonchev–Trinajstić information content (AvgIpc) is 3.54. The topological polar surface area (TPSA) is 93.0 Å². The van der Waals surface area contributed by atoms with Gasteiger partial charge in [0.1, 0.15) is 11.3 Å². The number of thiazole rings is 1. The lowest BCUT2D eigenvalue weighted by Crippen LogP contribution is -2.53. The third-order valence-corrected chi connectivity index (χ3v) is 8.49. The number of hydrogen-bond acceptors (Lipinski definition) is 7. The highest BCUT2D eigenvalue weighted by Gasteiger charge is 2.66. The van der Waals surface area contributed by atoms with Gasteiger partial charge < -0.3 is 14.1 Å². The number of anilines is 2. The Morgan fingerprint density at radius 2 is 1.87 bits per heavy atom. The fraction of sp³-hybridized carbons (Fsp3) is 0.172. The van der Waals surface area contributed by atoms with Crippen LogP contribution in [-0.2, 0) is 10.3 Å². The number of fused-ring (bicyclic) bond motifs is 6. The lowest BCUT2D eigenvalue weighted by Gasteiger charge is -2.32. The molecule has 2 aliphatic rings. The summed E-state index contributed by atoms with van der Waals surface area (Å²) >= 11 is 7.48. The van der Waals surface area contributed by atoms with Crippen molar-refractivity contribution in [3.63, 3.8) is 0 Å². The van der Waals surface area contributed by atoms with Crippen LogP contribution < -0.4 is 20.0 Å². The van der Waals surface area contributed by atoms with Crippen molar-refractivity contribution in [3.8, 4) is 5.75 Å². The number of para-hydroxylation sites is 1. The van der Waals surface area contributed by atoms with Crippen LogP contribution in [-0.4, -0.2) is 29.9 Å². The molecule has 8 nitrogen and oxygen atoms in total. The molecule has 0 aliphatic carbocycles. The largest absolute Gasteiger partial charge is 0.494 e. The number of carbonyl (C=O) groups is 2. The van der Waals surface area contributed by atoms with Crippen LogP contribution in [0.25, 0.3) is 21.2 Å². The Kier molecular flexibility index (Phi) is 5.14. The van der Waals surface area contributed by atoms with E-state index in [4.69, 9.17) is 25.7 Å². The van der Waals surface area contributed by atoms with Gasteiger partial charge in [-0.1, -0.05) is 41.1 Å². The van der Waals surface area contributed by atoms with Gasteiger partial charge in [-0.15, -0.1) is 0 Å². The van der Waals surface area contributed by atoms with Crippen LogP contribution in [0.15, 0.2) is 69.9 Å². The molecule has 2 amide bonds. The number of ether oxygens (including phenoxy) is 1. The van der Waals surface area contributed by atoms with Gasteiger partial charge in [0.25, 0.3) is 11.8 Å². The maximum absolute atomic E-state index is 14.5. The molecule has 0 radical (unpaired) electrons. The van der Waals surface area contributed by atoms with E-state index in [2.05, 4.69) is 0 Å². The zero-order valence-electron chi connectivity index (χ0n) is 20.9. The highest BCUT2D eigenvalue weighted by atomic mass is 35.5. The SMILES string of the molecule is CCOc1ccc2nc(N3C(=O)c4oc5ccc(Cl)cc5c(=O)c4C34C(=O)N(CC)c3ccccc34)sc2c1. The molecule has 1 spiro atoms. The summed E-state index contributed by atoms with van der Waals surface area (Å²) in [7, 11) is 0. The number of nitrogens with zero attached hydrogens (tertiary/aromatic N) is 3. The third kappa shape index (κ3) is 3.05. The molecule has 3 aromatic carbocycles. The van der Waals surface area contributed by atoms with Crippen molar-refractivity contribution >= 4 is 66.8 Å². The molecule has 0 bridgehead atoms. The second kappa shape index (κ2) is 8.39. The lowest BCUT2D eigenvalue weighted by molar-refractivity contribution is -0.121. The van der Waals surface area contributed by atoms with Crippen molar-refractivity contribution in [1.29, 1.82) is 0 Å². The van der Waals surface area contributed by atoms with Crippen molar-refractivity contribution < 1.29 is 18.7 Å². The second-order valence-corrected chi connectivity index (χ2v) is 10.7. The van der Waals surface area contributed by atoms with Crippen LogP contribution in [0.2, 0.25) is 5.02 Å². The van der Waals surface area contributed by atoms with Crippen LogP contribution in [0.5, 0.6) is 5.75 Å². The van der Waals surface area contributed by atoms with Gasteiger partial charge in [0.05, 0.1) is 33.5 Å². The maximum Gasteiger partial charge on any atom is 0.297 e. The third-order valence-electron chi connectivity index (χ3n) is 7.25. The molecule has 0 saturated heterocycles. The zero-order valence-corrected chi connectivity index (χ0v) is 22.4. The van der Waals surface area contributed by atoms with Crippen LogP contribution in [0.1, 0.15) is 35.5 Å². The Morgan fingerprint density at radius 3 is 2.67 bits per heavy atom. The zero-order chi connectivity index (χ0) is 27.1. The number of carbonyl (C=O) groups excluding carboxylic acids is 2. The molecule has 10 heteroatoms. The van der Waals surface area contributed by atoms with E-state index in [1.807, 2.05) is 44.2 Å². The molecule has 5 aromatic rings. The second-order valence-electron chi connectivity index (χ2n) is 9.25. The smallest absolute Gasteiger partial charge is 0.297 e. The number of halogens is 1. The van der Waals surface area contributed by atoms with Crippen molar-refractivity contribution in [1.82, 2.24) is 4.98 Å². The Balaban J connectivity index is 1.58. The van der Waals surface area contributed by atoms with Gasteiger partial charge in [-0.2, -0.15) is 0 Å². The van der Waals surface area contributed by atoms with Crippen molar-refractivity contribution in [3.05, 3.63) is 92.8 Å². The van der Waals surface area contributed by atoms with Crippen molar-refractivity contribution in [2.75, 3.05) is 23.0 Å². The van der Waals surface area contributed by atoms with E-state index in [1.165, 1.54) is 22.3 Å². The number of hydrogen-bond donors (Lipinski definition) is 0. The minimum absolute atomic E-state index is 0.0232. The van der Waals surface area contributed by atoms with Crippen LogP contribution in [0, 0.1) is 0 Å². The molecule has 2 aromatic heterocycles. The summed E-state index contributed by atoms with van der Waals surface area (Å²) in [6, 6.07) is 17.3. The average molecular weight is 558 g/mol. The summed E-state index contributed by atoms with van der Waals surface area (Å²) in [6.45, 7) is 4.60. The minimum Gasteiger partial charge on any atom is -0.494 e. The predicted molar refractivity (Wildman–Crippen MR) is 150 cm³/mol. The molecule has 39 heavy (non-hydrogen) atoms. The van der Waals surface area contributed by atoms with Crippen LogP contribution >= 0.6 is 22.9 Å². The van der Waals surface area contributed by atoms with E-state index in [-0.39, 0.29) is 27.4 Å². The quantitative estimate of drug-likeness (QED) is 0.280. The van der Waals surface area contributed by atoms with Crippen LogP contribution in [0.4, 0.5) is 10.8 Å². The molecule has 0 saturated carbocycles. The fourth-order valence-corrected chi connectivity index (χ4v) is 6.91. The molecule has 2 aliphatic heterocycles. The first-order chi connectivity index (χ1) is 18.9. The number of likely N-dealkylation sites (N-methyl/N-ethyl adjacent to an activating group) is 1. The van der Waals surface area contributed by atoms with Gasteiger partial charge in [0.15, 0.2) is 16.1 Å². The van der Waals surface area contributed by atoms with E-state index in [0.29, 0.717) is 40.7 Å². The summed E-state index contributed by atoms with van der Waals surface area (Å²) in [4.78, 5) is 50.6. The van der Waals surface area contributed by atoms with E-state index >= 15 is 0 Å². The Morgan fingerprint density at radius 1 is 1.05 bits per heavy atom. The summed E-state index contributed by atoms with van der Waals surface area (Å²) in [5, 5.41) is 0.813. The maximum atomic E-state index is 14.5. The van der Waals surface area contributed by atoms with Gasteiger partial charge >= 0.3 is 0 Å². The molecule has 7 rings (SSSR count). The van der Waals surface area contributed by atoms with Gasteiger partial charge in [0, 0.05) is 17.1 Å². The molecule has 0 N–H and O–H groups in total. The molecular formula is C29H20ClN3O5S. The molecule has 1 atom stereocenters. The monoisotopic (exact) mass is 557 g/mol. The first-order valence-corrected chi connectivity index (χ1v) is 13.7. The standard InChI is InChI=1S/C29H20ClN3O5S/c1-3-32-20-8-6-5-7-18(20)29(27(32)36)23-24(34)17-13-15(30)9-12-21(17)38-25(23)26(35)33(29)28-31-19-11-10-16(37-4-2)14-22(19)39-28/h5-14H,3-4H2,1-2H3. The summed E-state index contributed by atoms with van der Waals surface area (Å²) in [5.74, 6) is -0.527. The lowest BCUT2D eigenvalue weighted by atomic mass is 9.84. The molecule has 1 unspecified atom stereocenters. The van der Waals surface area contributed by atoms with Crippen LogP contribution in [0.3, 0.4) is 0 Å². The van der Waals surface area contributed by atoms with Gasteiger partial charge in [0.2, 0.25) is 5.76 Å². The summed E-state index contributed by atoms with van der Waals surface area (Å²) in [5.41, 5.74) is -0.291. The Hall–Kier alpha value is -4.21. The van der Waals surface area contributed by atoms with E-state index in [9.17, 15) is 14.4 Å². The van der Waals surface area contributed by atoms with E-state index in [0.717, 1.165) is 4.70 Å². The van der Waals surface area contributed by atoms with E-state index < -0.39 is 22.8 Å². The number of amides is 2. The fourth-order valence-electron chi connectivity index (χ4n) is 5.69. The highest BCUT2D eigenvalue weighted by Crippen LogP contribution is 2.54. The van der Waals surface area contributed by atoms with Gasteiger partial charge in [-0.05, 0) is 56.3 Å². The van der Waals surface area contributed by atoms with Gasteiger partial charge in [-0.3, -0.25) is 19.3 Å². The Bertz CT molecular complexity index is 1930.